The number of para-hydroxylation sites is 1. The number of carbonyl (C=O) groups is 1. The Bertz CT molecular complexity index is 1180. The van der Waals surface area contributed by atoms with Gasteiger partial charge in [0, 0.05) is 40.8 Å². The van der Waals surface area contributed by atoms with Crippen LogP contribution in [0.5, 0.6) is 0 Å². The first-order valence-electron chi connectivity index (χ1n) is 9.60. The van der Waals surface area contributed by atoms with Gasteiger partial charge in [0.25, 0.3) is 5.91 Å². The van der Waals surface area contributed by atoms with Crippen molar-refractivity contribution in [2.45, 2.75) is 23.4 Å². The van der Waals surface area contributed by atoms with Crippen LogP contribution in [0.25, 0.3) is 10.9 Å². The van der Waals surface area contributed by atoms with Crippen molar-refractivity contribution in [1.29, 1.82) is 0 Å². The second kappa shape index (κ2) is 9.20. The first kappa shape index (κ1) is 21.5. The van der Waals surface area contributed by atoms with E-state index in [0.717, 1.165) is 21.9 Å². The molecule has 0 atom stereocenters. The highest BCUT2D eigenvalue weighted by atomic mass is 32.2. The number of hydrogen-bond donors (Lipinski definition) is 1. The van der Waals surface area contributed by atoms with Gasteiger partial charge in [-0.3, -0.25) is 4.79 Å². The van der Waals surface area contributed by atoms with Crippen molar-refractivity contribution in [2.75, 3.05) is 6.54 Å². The van der Waals surface area contributed by atoms with E-state index < -0.39 is 11.7 Å². The lowest BCUT2D eigenvalue weighted by atomic mass is 10.1. The second-order valence-corrected chi connectivity index (χ2v) is 8.89. The van der Waals surface area contributed by atoms with Crippen LogP contribution >= 0.6 is 23.1 Å². The van der Waals surface area contributed by atoms with Crippen molar-refractivity contribution < 1.29 is 18.0 Å². The molecule has 160 valence electrons. The second-order valence-electron chi connectivity index (χ2n) is 6.92. The van der Waals surface area contributed by atoms with Crippen LogP contribution in [0, 0.1) is 0 Å². The summed E-state index contributed by atoms with van der Waals surface area (Å²) in [6.45, 7) is 1.08. The normalized spacial score (nSPS) is 11.7. The Morgan fingerprint density at radius 3 is 2.68 bits per heavy atom. The summed E-state index contributed by atoms with van der Waals surface area (Å²) in [4.78, 5) is 13.8. The topological polar surface area (TPSA) is 34.0 Å². The van der Waals surface area contributed by atoms with Crippen LogP contribution < -0.4 is 5.32 Å². The first-order chi connectivity index (χ1) is 14.9. The van der Waals surface area contributed by atoms with Crippen molar-refractivity contribution in [3.63, 3.8) is 0 Å². The number of amides is 1. The van der Waals surface area contributed by atoms with Crippen LogP contribution in [-0.4, -0.2) is 17.0 Å². The van der Waals surface area contributed by atoms with E-state index in [1.54, 1.807) is 12.1 Å². The van der Waals surface area contributed by atoms with E-state index in [2.05, 4.69) is 9.88 Å². The minimum atomic E-state index is -4.34. The average molecular weight is 461 g/mol. The largest absolute Gasteiger partial charge is 0.416 e. The number of hydrogen-bond acceptors (Lipinski definition) is 3. The molecule has 0 bridgehead atoms. The van der Waals surface area contributed by atoms with Gasteiger partial charge in [-0.2, -0.15) is 13.2 Å². The van der Waals surface area contributed by atoms with Gasteiger partial charge in [0.2, 0.25) is 0 Å². The molecule has 1 N–H and O–H groups in total. The van der Waals surface area contributed by atoms with Gasteiger partial charge in [-0.15, -0.1) is 23.1 Å². The Morgan fingerprint density at radius 2 is 1.90 bits per heavy atom. The zero-order chi connectivity index (χ0) is 21.8. The molecular weight excluding hydrogens is 441 g/mol. The van der Waals surface area contributed by atoms with Crippen molar-refractivity contribution >= 4 is 39.9 Å². The molecule has 4 aromatic rings. The Morgan fingerprint density at radius 1 is 1.06 bits per heavy atom. The lowest BCUT2D eigenvalue weighted by molar-refractivity contribution is -0.137. The summed E-state index contributed by atoms with van der Waals surface area (Å²) in [6.07, 6.45) is -2.34. The number of alkyl halides is 3. The minimum absolute atomic E-state index is 0.0920. The summed E-state index contributed by atoms with van der Waals surface area (Å²) in [5, 5.41) is 5.83. The van der Waals surface area contributed by atoms with E-state index in [1.807, 2.05) is 41.9 Å². The molecule has 2 aromatic carbocycles. The quantitative estimate of drug-likeness (QED) is 0.322. The van der Waals surface area contributed by atoms with Crippen molar-refractivity contribution in [2.24, 2.45) is 0 Å². The van der Waals surface area contributed by atoms with E-state index in [4.69, 9.17) is 0 Å². The average Bonchev–Trinajstić information content (AvgIpc) is 3.41. The number of fused-ring (bicyclic) bond motifs is 1. The summed E-state index contributed by atoms with van der Waals surface area (Å²) in [7, 11) is 0. The highest BCUT2D eigenvalue weighted by Gasteiger charge is 2.30. The standard InChI is InChI=1S/C23H19F3N2OS2/c24-23(25,26)17-6-3-5-16(13-17)15-31-21-14-28(19-8-2-1-7-18(19)21)11-10-27-22(29)20-9-4-12-30-20/h1-9,12-14H,10-11,15H2,(H,27,29). The summed E-state index contributed by atoms with van der Waals surface area (Å²) in [6, 6.07) is 17.0. The predicted molar refractivity (Wildman–Crippen MR) is 120 cm³/mol. The van der Waals surface area contributed by atoms with Crippen LogP contribution in [0.2, 0.25) is 0 Å². The van der Waals surface area contributed by atoms with Crippen molar-refractivity contribution in [3.8, 4) is 0 Å². The number of aromatic nitrogens is 1. The third-order valence-corrected chi connectivity index (χ3v) is 6.77. The van der Waals surface area contributed by atoms with Gasteiger partial charge in [-0.1, -0.05) is 42.5 Å². The third-order valence-electron chi connectivity index (χ3n) is 4.78. The number of rotatable bonds is 7. The molecule has 0 unspecified atom stereocenters. The van der Waals surface area contributed by atoms with Crippen molar-refractivity contribution in [1.82, 2.24) is 9.88 Å². The molecule has 8 heteroatoms. The number of nitrogens with one attached hydrogen (secondary N) is 1. The molecule has 31 heavy (non-hydrogen) atoms. The maximum atomic E-state index is 13.0. The van der Waals surface area contributed by atoms with Crippen molar-refractivity contribution in [3.05, 3.63) is 88.2 Å². The van der Waals surface area contributed by atoms with Gasteiger partial charge in [0.15, 0.2) is 0 Å². The molecule has 0 aliphatic heterocycles. The number of thiophene rings is 1. The van der Waals surface area contributed by atoms with Gasteiger partial charge in [-0.25, -0.2) is 0 Å². The number of halogens is 3. The molecule has 0 fully saturated rings. The summed E-state index contributed by atoms with van der Waals surface area (Å²) in [5.41, 5.74) is 1.02. The van der Waals surface area contributed by atoms with E-state index in [1.165, 1.54) is 35.2 Å². The minimum Gasteiger partial charge on any atom is -0.350 e. The highest BCUT2D eigenvalue weighted by Crippen LogP contribution is 2.34. The Kier molecular flexibility index (Phi) is 6.38. The van der Waals surface area contributed by atoms with Gasteiger partial charge < -0.3 is 9.88 Å². The molecule has 0 saturated carbocycles. The molecule has 0 aliphatic carbocycles. The molecule has 0 saturated heterocycles. The van der Waals surface area contributed by atoms with Crippen LogP contribution in [0.15, 0.2) is 77.1 Å². The fourth-order valence-electron chi connectivity index (χ4n) is 3.30. The molecule has 2 heterocycles. The summed E-state index contributed by atoms with van der Waals surface area (Å²) < 4.78 is 41.0. The van der Waals surface area contributed by atoms with Gasteiger partial charge in [0.1, 0.15) is 0 Å². The number of benzene rings is 2. The van der Waals surface area contributed by atoms with Gasteiger partial charge in [0.05, 0.1) is 10.4 Å². The monoisotopic (exact) mass is 460 g/mol. The Labute approximate surface area is 185 Å². The smallest absolute Gasteiger partial charge is 0.350 e. The molecule has 0 aliphatic rings. The molecule has 0 radical (unpaired) electrons. The maximum absolute atomic E-state index is 13.0. The number of nitrogens with zero attached hydrogens (tertiary/aromatic N) is 1. The fraction of sp³-hybridized carbons (Fsp3) is 0.174. The van der Waals surface area contributed by atoms with Gasteiger partial charge >= 0.3 is 6.18 Å². The molecule has 4 rings (SSSR count). The molecule has 1 amide bonds. The van der Waals surface area contributed by atoms with Crippen LogP contribution in [-0.2, 0) is 18.5 Å². The molecule has 2 aromatic heterocycles. The number of carbonyl (C=O) groups excluding carboxylic acids is 1. The zero-order valence-corrected chi connectivity index (χ0v) is 18.0. The van der Waals surface area contributed by atoms with E-state index in [9.17, 15) is 18.0 Å². The van der Waals surface area contributed by atoms with E-state index in [-0.39, 0.29) is 5.91 Å². The lowest BCUT2D eigenvalue weighted by Gasteiger charge is -2.08. The highest BCUT2D eigenvalue weighted by molar-refractivity contribution is 7.98. The van der Waals surface area contributed by atoms with Crippen LogP contribution in [0.1, 0.15) is 20.8 Å². The summed E-state index contributed by atoms with van der Waals surface area (Å²) in [5.74, 6) is 0.346. The molecular formula is C23H19F3N2OS2. The van der Waals surface area contributed by atoms with Crippen LogP contribution in [0.3, 0.4) is 0 Å². The summed E-state index contributed by atoms with van der Waals surface area (Å²) >= 11 is 2.91. The van der Waals surface area contributed by atoms with Gasteiger partial charge in [-0.05, 0) is 29.1 Å². The molecule has 3 nitrogen and oxygen atoms in total. The number of thioether (sulfide) groups is 1. The fourth-order valence-corrected chi connectivity index (χ4v) is 4.97. The van der Waals surface area contributed by atoms with Crippen LogP contribution in [0.4, 0.5) is 13.2 Å². The predicted octanol–water partition coefficient (Wildman–Crippen LogP) is 6.44. The molecule has 0 spiro atoms. The van der Waals surface area contributed by atoms with E-state index >= 15 is 0 Å². The third kappa shape index (κ3) is 5.14. The maximum Gasteiger partial charge on any atom is 0.416 e. The Balaban J connectivity index is 1.46. The SMILES string of the molecule is O=C(NCCn1cc(SCc2cccc(C(F)(F)F)c2)c2ccccc21)c1cccs1. The zero-order valence-electron chi connectivity index (χ0n) is 16.4. The first-order valence-corrected chi connectivity index (χ1v) is 11.5. The lowest BCUT2D eigenvalue weighted by Crippen LogP contribution is -2.26. The Hall–Kier alpha value is -2.71. The van der Waals surface area contributed by atoms with E-state index in [0.29, 0.717) is 29.3 Å².